The molecule has 5 heterocycles. The van der Waals surface area contributed by atoms with Gasteiger partial charge in [-0.2, -0.15) is 4.98 Å². The van der Waals surface area contributed by atoms with E-state index in [1.807, 2.05) is 30.3 Å². The van der Waals surface area contributed by atoms with E-state index in [2.05, 4.69) is 25.6 Å². The van der Waals surface area contributed by atoms with Crippen LogP contribution in [0.2, 0.25) is 0 Å². The fourth-order valence-corrected chi connectivity index (χ4v) is 5.10. The summed E-state index contributed by atoms with van der Waals surface area (Å²) in [5.41, 5.74) is 3.15. The minimum atomic E-state index is -0.379. The van der Waals surface area contributed by atoms with Crippen LogP contribution in [0.15, 0.2) is 53.7 Å². The maximum Gasteiger partial charge on any atom is 0.414 e. The summed E-state index contributed by atoms with van der Waals surface area (Å²) in [6.07, 6.45) is 3.51. The highest BCUT2D eigenvalue weighted by Gasteiger charge is 2.32. The first kappa shape index (κ1) is 24.6. The number of anilines is 2. The molecule has 1 aromatic carbocycles. The number of aromatic nitrogens is 3. The first-order valence-electron chi connectivity index (χ1n) is 12.4. The topological polar surface area (TPSA) is 128 Å². The molecule has 1 atom stereocenters. The predicted octanol–water partition coefficient (Wildman–Crippen LogP) is 2.87. The molecule has 2 saturated heterocycles. The number of benzene rings is 1. The van der Waals surface area contributed by atoms with Crippen LogP contribution in [-0.2, 0) is 20.8 Å². The zero-order valence-corrected chi connectivity index (χ0v) is 21.3. The zero-order valence-electron chi connectivity index (χ0n) is 20.5. The second-order valence-electron chi connectivity index (χ2n) is 9.13. The summed E-state index contributed by atoms with van der Waals surface area (Å²) in [5.74, 6) is 1.46. The highest BCUT2D eigenvalue weighted by molar-refractivity contribution is 8.00. The molecule has 0 bridgehead atoms. The first-order chi connectivity index (χ1) is 18.6. The Hall–Kier alpha value is -3.74. The van der Waals surface area contributed by atoms with Gasteiger partial charge in [-0.15, -0.1) is 11.8 Å². The lowest BCUT2D eigenvalue weighted by Gasteiger charge is -2.26. The number of hydrogen-bond donors (Lipinski definition) is 2. The number of carbonyl (C=O) groups excluding carboxylic acids is 2. The van der Waals surface area contributed by atoms with Gasteiger partial charge in [-0.1, -0.05) is 0 Å². The molecule has 1 unspecified atom stereocenters. The second-order valence-corrected chi connectivity index (χ2v) is 10.1. The van der Waals surface area contributed by atoms with Gasteiger partial charge in [-0.05, 0) is 43.3 Å². The molecule has 3 aromatic rings. The average molecular weight is 535 g/mol. The fraction of sp³-hybridized carbons (Fsp3) is 0.346. The van der Waals surface area contributed by atoms with Gasteiger partial charge < -0.3 is 24.8 Å². The molecule has 2 amide bonds. The monoisotopic (exact) mass is 534 g/mol. The van der Waals surface area contributed by atoms with Crippen molar-refractivity contribution < 1.29 is 23.8 Å². The molecule has 3 aliphatic rings. The number of ether oxygens (including phenoxy) is 3. The molecule has 196 valence electrons. The molecular formula is C26H26N6O5S. The van der Waals surface area contributed by atoms with Gasteiger partial charge in [0.15, 0.2) is 5.82 Å². The van der Waals surface area contributed by atoms with Crippen LogP contribution in [-0.4, -0.2) is 71.2 Å². The van der Waals surface area contributed by atoms with E-state index in [-0.39, 0.29) is 24.2 Å². The van der Waals surface area contributed by atoms with E-state index < -0.39 is 0 Å². The van der Waals surface area contributed by atoms with Crippen molar-refractivity contribution in [2.24, 2.45) is 0 Å². The third kappa shape index (κ3) is 5.57. The van der Waals surface area contributed by atoms with Gasteiger partial charge in [0.05, 0.1) is 36.9 Å². The molecular weight excluding hydrogens is 508 g/mol. The highest BCUT2D eigenvalue weighted by Crippen LogP contribution is 2.35. The van der Waals surface area contributed by atoms with Crippen LogP contribution in [0.3, 0.4) is 0 Å². The van der Waals surface area contributed by atoms with Gasteiger partial charge in [-0.25, -0.2) is 9.78 Å². The van der Waals surface area contributed by atoms with Crippen molar-refractivity contribution in [3.63, 3.8) is 0 Å². The van der Waals surface area contributed by atoms with E-state index in [0.717, 1.165) is 21.8 Å². The first-order valence-corrected chi connectivity index (χ1v) is 13.4. The summed E-state index contributed by atoms with van der Waals surface area (Å²) >= 11 is 1.49. The van der Waals surface area contributed by atoms with Crippen molar-refractivity contribution in [2.75, 3.05) is 42.3 Å². The second kappa shape index (κ2) is 10.9. The number of thioether (sulfide) groups is 1. The Balaban J connectivity index is 1.00. The Bertz CT molecular complexity index is 1350. The standard InChI is InChI=1S/C26H26N6O5S/c33-23-15-38-22-2-1-18(10-21(22)30-23)32-12-19(37-26(32)34)4-6-27-11-17-9-16(3-7-28-17)25-29-8-5-24(31-25)36-20-13-35-14-20/h1-3,5,7-10,19-20,27H,4,6,11-15H2,(H,30,33). The van der Waals surface area contributed by atoms with Gasteiger partial charge in [0, 0.05) is 41.2 Å². The molecule has 2 fully saturated rings. The molecule has 0 aliphatic carbocycles. The van der Waals surface area contributed by atoms with Gasteiger partial charge in [0.25, 0.3) is 0 Å². The number of fused-ring (bicyclic) bond motifs is 1. The zero-order chi connectivity index (χ0) is 25.9. The fourth-order valence-electron chi connectivity index (χ4n) is 4.31. The van der Waals surface area contributed by atoms with Crippen molar-refractivity contribution in [2.45, 2.75) is 30.1 Å². The van der Waals surface area contributed by atoms with Crippen molar-refractivity contribution >= 4 is 35.1 Å². The maximum atomic E-state index is 12.5. The van der Waals surface area contributed by atoms with Gasteiger partial charge >= 0.3 is 6.09 Å². The maximum absolute atomic E-state index is 12.5. The summed E-state index contributed by atoms with van der Waals surface area (Å²) in [6, 6.07) is 11.2. The van der Waals surface area contributed by atoms with Crippen molar-refractivity contribution in [1.82, 2.24) is 20.3 Å². The highest BCUT2D eigenvalue weighted by atomic mass is 32.2. The molecule has 6 rings (SSSR count). The van der Waals surface area contributed by atoms with Crippen LogP contribution in [0.25, 0.3) is 11.4 Å². The Morgan fingerprint density at radius 3 is 2.89 bits per heavy atom. The van der Waals surface area contributed by atoms with Crippen LogP contribution < -0.4 is 20.3 Å². The average Bonchev–Trinajstić information content (AvgIpc) is 3.29. The van der Waals surface area contributed by atoms with E-state index in [9.17, 15) is 9.59 Å². The quantitative estimate of drug-likeness (QED) is 0.396. The Morgan fingerprint density at radius 1 is 1.13 bits per heavy atom. The van der Waals surface area contributed by atoms with Crippen molar-refractivity contribution in [3.05, 3.63) is 54.5 Å². The molecule has 12 heteroatoms. The van der Waals surface area contributed by atoms with Gasteiger partial charge in [-0.3, -0.25) is 14.7 Å². The van der Waals surface area contributed by atoms with E-state index in [0.29, 0.717) is 62.4 Å². The third-order valence-corrected chi connectivity index (χ3v) is 7.40. The molecule has 0 saturated carbocycles. The van der Waals surface area contributed by atoms with Gasteiger partial charge in [0.1, 0.15) is 12.2 Å². The number of hydrogen-bond acceptors (Lipinski definition) is 10. The van der Waals surface area contributed by atoms with Crippen LogP contribution in [0.1, 0.15) is 12.1 Å². The number of amides is 2. The summed E-state index contributed by atoms with van der Waals surface area (Å²) in [7, 11) is 0. The molecule has 0 spiro atoms. The molecule has 3 aliphatic heterocycles. The lowest BCUT2D eigenvalue weighted by Crippen LogP contribution is -2.38. The number of rotatable bonds is 9. The predicted molar refractivity (Wildman–Crippen MR) is 140 cm³/mol. The Morgan fingerprint density at radius 2 is 2.03 bits per heavy atom. The Kier molecular flexibility index (Phi) is 7.08. The molecule has 11 nitrogen and oxygen atoms in total. The van der Waals surface area contributed by atoms with Crippen LogP contribution in [0.4, 0.5) is 16.2 Å². The van der Waals surface area contributed by atoms with Crippen LogP contribution in [0, 0.1) is 0 Å². The summed E-state index contributed by atoms with van der Waals surface area (Å²) < 4.78 is 16.5. The van der Waals surface area contributed by atoms with Crippen LogP contribution >= 0.6 is 11.8 Å². The summed E-state index contributed by atoms with van der Waals surface area (Å²) in [6.45, 7) is 2.82. The smallest absolute Gasteiger partial charge is 0.414 e. The lowest BCUT2D eigenvalue weighted by molar-refractivity contribution is -0.113. The normalized spacial score (nSPS) is 18.9. The van der Waals surface area contributed by atoms with Gasteiger partial charge in [0.2, 0.25) is 11.8 Å². The molecule has 38 heavy (non-hydrogen) atoms. The van der Waals surface area contributed by atoms with E-state index in [1.54, 1.807) is 23.4 Å². The molecule has 2 aromatic heterocycles. The number of cyclic esters (lactones) is 1. The van der Waals surface area contributed by atoms with Crippen LogP contribution in [0.5, 0.6) is 5.88 Å². The number of nitrogens with zero attached hydrogens (tertiary/aromatic N) is 4. The number of nitrogens with one attached hydrogen (secondary N) is 2. The van der Waals surface area contributed by atoms with E-state index in [1.165, 1.54) is 11.8 Å². The minimum absolute atomic E-state index is 0.0397. The lowest BCUT2D eigenvalue weighted by atomic mass is 10.2. The summed E-state index contributed by atoms with van der Waals surface area (Å²) in [5, 5.41) is 6.24. The minimum Gasteiger partial charge on any atom is -0.469 e. The summed E-state index contributed by atoms with van der Waals surface area (Å²) in [4.78, 5) is 40.1. The SMILES string of the molecule is O=C1CSc2ccc(N3CC(CCNCc4cc(-c5nccc(OC6COC6)n5)ccn4)OC3=O)cc2N1. The van der Waals surface area contributed by atoms with E-state index >= 15 is 0 Å². The molecule has 0 radical (unpaired) electrons. The Labute approximate surface area is 223 Å². The number of carbonyl (C=O) groups is 2. The van der Waals surface area contributed by atoms with Crippen molar-refractivity contribution in [1.29, 1.82) is 0 Å². The number of pyridine rings is 1. The van der Waals surface area contributed by atoms with Crippen molar-refractivity contribution in [3.8, 4) is 17.3 Å². The molecule has 2 N–H and O–H groups in total. The third-order valence-electron chi connectivity index (χ3n) is 6.33. The van der Waals surface area contributed by atoms with E-state index in [4.69, 9.17) is 14.2 Å². The largest absolute Gasteiger partial charge is 0.469 e.